The number of hydrogen-bond acceptors (Lipinski definition) is 2. The lowest BCUT2D eigenvalue weighted by molar-refractivity contribution is 0.0480. The Labute approximate surface area is 90.4 Å². The van der Waals surface area contributed by atoms with Gasteiger partial charge in [0.05, 0.1) is 0 Å². The van der Waals surface area contributed by atoms with Crippen molar-refractivity contribution in [3.63, 3.8) is 0 Å². The third-order valence-electron chi connectivity index (χ3n) is 2.33. The van der Waals surface area contributed by atoms with E-state index in [0.29, 0.717) is 12.8 Å². The molecule has 15 heavy (non-hydrogen) atoms. The van der Waals surface area contributed by atoms with Crippen LogP contribution in [0.25, 0.3) is 0 Å². The van der Waals surface area contributed by atoms with Crippen LogP contribution in [0, 0.1) is 0 Å². The third kappa shape index (κ3) is 5.00. The summed E-state index contributed by atoms with van der Waals surface area (Å²) < 4.78 is 18.1. The summed E-state index contributed by atoms with van der Waals surface area (Å²) in [5.41, 5.74) is -0.492. The van der Waals surface area contributed by atoms with E-state index in [9.17, 15) is 9.18 Å². The van der Waals surface area contributed by atoms with Crippen LogP contribution in [0.5, 0.6) is 0 Å². The smallest absolute Gasteiger partial charge is 0.407 e. The molecule has 1 rings (SSSR count). The predicted octanol–water partition coefficient (Wildman–Crippen LogP) is 2.79. The maximum atomic E-state index is 13.0. The molecule has 1 fully saturated rings. The first-order valence-corrected chi connectivity index (χ1v) is 5.50. The van der Waals surface area contributed by atoms with Crippen molar-refractivity contribution in [2.75, 3.05) is 0 Å². The van der Waals surface area contributed by atoms with Gasteiger partial charge in [-0.1, -0.05) is 0 Å². The molecule has 0 spiro atoms. The van der Waals surface area contributed by atoms with E-state index in [4.69, 9.17) is 4.74 Å². The van der Waals surface area contributed by atoms with Crippen LogP contribution in [0.4, 0.5) is 9.18 Å². The van der Waals surface area contributed by atoms with E-state index < -0.39 is 17.9 Å². The third-order valence-corrected chi connectivity index (χ3v) is 2.33. The Hall–Kier alpha value is -0.800. The molecule has 0 aliphatic heterocycles. The monoisotopic (exact) mass is 217 g/mol. The van der Waals surface area contributed by atoms with Crippen molar-refractivity contribution in [2.45, 2.75) is 64.3 Å². The predicted molar refractivity (Wildman–Crippen MR) is 56.5 cm³/mol. The Bertz CT molecular complexity index is 225. The summed E-state index contributed by atoms with van der Waals surface area (Å²) in [6.45, 7) is 5.43. The molecule has 1 saturated carbocycles. The lowest BCUT2D eigenvalue weighted by atomic mass is 9.94. The van der Waals surface area contributed by atoms with Crippen LogP contribution in [0.1, 0.15) is 46.5 Å². The molecule has 88 valence electrons. The first kappa shape index (κ1) is 12.3. The average molecular weight is 217 g/mol. The SMILES string of the molecule is CC(C)(C)OC(=O)NC1CCCC(F)C1. The molecular weight excluding hydrogens is 197 g/mol. The van der Waals surface area contributed by atoms with E-state index in [0.717, 1.165) is 12.8 Å². The van der Waals surface area contributed by atoms with Crippen molar-refractivity contribution in [3.05, 3.63) is 0 Å². The summed E-state index contributed by atoms with van der Waals surface area (Å²) in [6.07, 6.45) is 1.49. The van der Waals surface area contributed by atoms with Crippen LogP contribution in [-0.2, 0) is 4.74 Å². The number of carbonyl (C=O) groups excluding carboxylic acids is 1. The summed E-state index contributed by atoms with van der Waals surface area (Å²) in [6, 6.07) is -0.0661. The van der Waals surface area contributed by atoms with E-state index in [1.807, 2.05) is 20.8 Å². The number of rotatable bonds is 1. The largest absolute Gasteiger partial charge is 0.444 e. The Morgan fingerprint density at radius 1 is 1.40 bits per heavy atom. The molecule has 4 heteroatoms. The Balaban J connectivity index is 2.31. The normalized spacial score (nSPS) is 27.2. The molecule has 1 N–H and O–H groups in total. The van der Waals surface area contributed by atoms with Crippen LogP contribution in [0.3, 0.4) is 0 Å². The van der Waals surface area contributed by atoms with Gasteiger partial charge in [0.1, 0.15) is 11.8 Å². The topological polar surface area (TPSA) is 38.3 Å². The van der Waals surface area contributed by atoms with Gasteiger partial charge in [0.25, 0.3) is 0 Å². The highest BCUT2D eigenvalue weighted by molar-refractivity contribution is 5.68. The Morgan fingerprint density at radius 2 is 2.07 bits per heavy atom. The first-order valence-electron chi connectivity index (χ1n) is 5.50. The summed E-state index contributed by atoms with van der Waals surface area (Å²) in [7, 11) is 0. The van der Waals surface area contributed by atoms with Gasteiger partial charge in [-0.05, 0) is 46.5 Å². The minimum absolute atomic E-state index is 0.0661. The maximum absolute atomic E-state index is 13.0. The molecule has 0 bridgehead atoms. The molecule has 0 aromatic heterocycles. The van der Waals surface area contributed by atoms with Gasteiger partial charge < -0.3 is 10.1 Å². The van der Waals surface area contributed by atoms with Crippen molar-refractivity contribution in [2.24, 2.45) is 0 Å². The number of nitrogens with one attached hydrogen (secondary N) is 1. The quantitative estimate of drug-likeness (QED) is 0.733. The second-order valence-corrected chi connectivity index (χ2v) is 5.11. The number of alkyl halides is 1. The molecule has 3 nitrogen and oxygen atoms in total. The first-order chi connectivity index (χ1) is 6.87. The number of carbonyl (C=O) groups is 1. The summed E-state index contributed by atoms with van der Waals surface area (Å²) in [4.78, 5) is 11.4. The highest BCUT2D eigenvalue weighted by Crippen LogP contribution is 2.21. The molecule has 2 atom stereocenters. The lowest BCUT2D eigenvalue weighted by Gasteiger charge is -2.27. The van der Waals surface area contributed by atoms with E-state index in [-0.39, 0.29) is 6.04 Å². The van der Waals surface area contributed by atoms with E-state index in [2.05, 4.69) is 5.32 Å². The van der Waals surface area contributed by atoms with Crippen LogP contribution >= 0.6 is 0 Å². The Kier molecular flexibility index (Phi) is 3.94. The van der Waals surface area contributed by atoms with Gasteiger partial charge >= 0.3 is 6.09 Å². The number of halogens is 1. The number of hydrogen-bond donors (Lipinski definition) is 1. The fraction of sp³-hybridized carbons (Fsp3) is 0.909. The van der Waals surface area contributed by atoms with Crippen molar-refractivity contribution in [1.29, 1.82) is 0 Å². The van der Waals surface area contributed by atoms with Crippen molar-refractivity contribution in [3.8, 4) is 0 Å². The zero-order chi connectivity index (χ0) is 11.5. The highest BCUT2D eigenvalue weighted by Gasteiger charge is 2.24. The zero-order valence-electron chi connectivity index (χ0n) is 9.68. The molecule has 2 unspecified atom stereocenters. The summed E-state index contributed by atoms with van der Waals surface area (Å²) in [5.74, 6) is 0. The molecule has 0 aromatic rings. The minimum Gasteiger partial charge on any atom is -0.444 e. The minimum atomic E-state index is -0.779. The lowest BCUT2D eigenvalue weighted by Crippen LogP contribution is -2.41. The molecule has 0 saturated heterocycles. The van der Waals surface area contributed by atoms with Gasteiger partial charge in [-0.25, -0.2) is 9.18 Å². The van der Waals surface area contributed by atoms with Crippen LogP contribution < -0.4 is 5.32 Å². The highest BCUT2D eigenvalue weighted by atomic mass is 19.1. The van der Waals surface area contributed by atoms with E-state index in [1.165, 1.54) is 0 Å². The molecule has 0 radical (unpaired) electrons. The number of ether oxygens (including phenoxy) is 1. The standard InChI is InChI=1S/C11H20FNO2/c1-11(2,3)15-10(14)13-9-6-4-5-8(12)7-9/h8-9H,4-7H2,1-3H3,(H,13,14). The van der Waals surface area contributed by atoms with Gasteiger partial charge in [-0.2, -0.15) is 0 Å². The van der Waals surface area contributed by atoms with Gasteiger partial charge in [0.15, 0.2) is 0 Å². The maximum Gasteiger partial charge on any atom is 0.407 e. The van der Waals surface area contributed by atoms with Crippen LogP contribution in [0.2, 0.25) is 0 Å². The fourth-order valence-electron chi connectivity index (χ4n) is 1.74. The fourth-order valence-corrected chi connectivity index (χ4v) is 1.74. The summed E-state index contributed by atoms with van der Waals surface area (Å²) in [5, 5.41) is 2.70. The second kappa shape index (κ2) is 4.81. The molecule has 1 aliphatic rings. The van der Waals surface area contributed by atoms with Crippen molar-refractivity contribution in [1.82, 2.24) is 5.32 Å². The average Bonchev–Trinajstić information content (AvgIpc) is 1.99. The molecular formula is C11H20FNO2. The zero-order valence-corrected chi connectivity index (χ0v) is 9.68. The Morgan fingerprint density at radius 3 is 2.60 bits per heavy atom. The molecule has 0 aromatic carbocycles. The number of amides is 1. The van der Waals surface area contributed by atoms with Gasteiger partial charge in [-0.3, -0.25) is 0 Å². The molecule has 1 amide bonds. The van der Waals surface area contributed by atoms with Crippen LogP contribution in [0.15, 0.2) is 0 Å². The molecule has 0 heterocycles. The van der Waals surface area contributed by atoms with Gasteiger partial charge in [-0.15, -0.1) is 0 Å². The van der Waals surface area contributed by atoms with Crippen LogP contribution in [-0.4, -0.2) is 23.9 Å². The van der Waals surface area contributed by atoms with E-state index >= 15 is 0 Å². The van der Waals surface area contributed by atoms with Crippen molar-refractivity contribution >= 4 is 6.09 Å². The number of alkyl carbamates (subject to hydrolysis) is 1. The second-order valence-electron chi connectivity index (χ2n) is 5.11. The van der Waals surface area contributed by atoms with E-state index in [1.54, 1.807) is 0 Å². The summed E-state index contributed by atoms with van der Waals surface area (Å²) >= 11 is 0. The molecule has 1 aliphatic carbocycles. The van der Waals surface area contributed by atoms with Crippen molar-refractivity contribution < 1.29 is 13.9 Å². The van der Waals surface area contributed by atoms with Gasteiger partial charge in [0, 0.05) is 6.04 Å². The van der Waals surface area contributed by atoms with Gasteiger partial charge in [0.2, 0.25) is 0 Å².